The normalized spacial score (nSPS) is 12.2. The molecule has 0 atom stereocenters. The third-order valence-electron chi connectivity index (χ3n) is 12.6. The van der Waals surface area contributed by atoms with E-state index in [4.69, 9.17) is 23.2 Å². The minimum Gasteiger partial charge on any atom is -0.456 e. The summed E-state index contributed by atoms with van der Waals surface area (Å²) in [6.45, 7) is 0. The first kappa shape index (κ1) is 33.4. The van der Waals surface area contributed by atoms with E-state index in [1.54, 1.807) is 0 Å². The van der Waals surface area contributed by atoms with Crippen molar-refractivity contribution in [2.45, 2.75) is 0 Å². The zero-order valence-electron chi connectivity index (χ0n) is 33.0. The van der Waals surface area contributed by atoms with Crippen molar-refractivity contribution in [2.24, 2.45) is 0 Å². The lowest BCUT2D eigenvalue weighted by Gasteiger charge is -2.12. The minimum atomic E-state index is 0.592. The first-order valence-corrected chi connectivity index (χ1v) is 20.8. The van der Waals surface area contributed by atoms with Crippen molar-refractivity contribution in [1.82, 2.24) is 14.5 Å². The number of hydrogen-bond acceptors (Lipinski definition) is 5. The van der Waals surface area contributed by atoms with Crippen molar-refractivity contribution in [3.8, 4) is 39.5 Å². The van der Waals surface area contributed by atoms with Crippen molar-refractivity contribution >= 4 is 98.5 Å². The van der Waals surface area contributed by atoms with Crippen LogP contribution in [0, 0.1) is 0 Å². The summed E-state index contributed by atoms with van der Waals surface area (Å²) >= 11 is 0. The molecule has 0 N–H and O–H groups in total. The molecule has 0 aliphatic rings. The summed E-state index contributed by atoms with van der Waals surface area (Å²) in [7, 11) is 0. The van der Waals surface area contributed by atoms with Crippen molar-refractivity contribution in [1.29, 1.82) is 0 Å². The molecule has 0 bridgehead atoms. The van der Waals surface area contributed by atoms with Gasteiger partial charge >= 0.3 is 0 Å². The summed E-state index contributed by atoms with van der Waals surface area (Å²) in [5.41, 5.74) is 13.3. The number of nitrogens with zero attached hydrogens (tertiary/aromatic N) is 3. The molecule has 9 aromatic carbocycles. The van der Waals surface area contributed by atoms with Crippen LogP contribution in [0.25, 0.3) is 138 Å². The molecule has 6 heteroatoms. The molecular weight excluding hydrogens is 763 g/mol. The van der Waals surface area contributed by atoms with Crippen LogP contribution in [0.4, 0.5) is 0 Å². The molecule has 5 aromatic heterocycles. The highest BCUT2D eigenvalue weighted by Gasteiger charge is 2.23. The Kier molecular flexibility index (Phi) is 6.74. The standard InChI is InChI=1S/C56H31N3O3/c1-2-12-32(13-3-1)52-55-53(58-56(57-52)36-22-24-40-39-17-7-10-20-47(39)60-50(40)31-36)43-29-35(23-27-49(43)62-55)37-25-26-45(51-41-18-8-11-21-48(41)61-54(37)51)59-44-19-9-6-16-38(44)42-28-33-14-4-5-15-34(33)30-46(42)59/h1-31H. The Morgan fingerprint density at radius 1 is 0.371 bits per heavy atom. The van der Waals surface area contributed by atoms with E-state index in [0.717, 1.165) is 105 Å². The van der Waals surface area contributed by atoms with Crippen LogP contribution in [0.1, 0.15) is 0 Å². The smallest absolute Gasteiger partial charge is 0.180 e. The second-order valence-electron chi connectivity index (χ2n) is 16.1. The van der Waals surface area contributed by atoms with Gasteiger partial charge in [-0.3, -0.25) is 0 Å². The lowest BCUT2D eigenvalue weighted by atomic mass is 9.99. The van der Waals surface area contributed by atoms with Gasteiger partial charge in [-0.15, -0.1) is 0 Å². The third kappa shape index (κ3) is 4.74. The van der Waals surface area contributed by atoms with E-state index >= 15 is 0 Å². The van der Waals surface area contributed by atoms with E-state index in [1.807, 2.05) is 54.6 Å². The molecule has 0 saturated heterocycles. The SMILES string of the molecule is c1ccc(-c2nc(-c3ccc4c(c3)oc3ccccc34)nc3c2oc2ccc(-c4ccc(-n5c6ccccc6c6cc7ccccc7cc65)c5c4oc4ccccc45)cc23)cc1. The summed E-state index contributed by atoms with van der Waals surface area (Å²) in [5.74, 6) is 0.592. The van der Waals surface area contributed by atoms with Crippen molar-refractivity contribution < 1.29 is 13.3 Å². The van der Waals surface area contributed by atoms with Gasteiger partial charge in [0.25, 0.3) is 0 Å². The van der Waals surface area contributed by atoms with Crippen LogP contribution in [0.3, 0.4) is 0 Å². The van der Waals surface area contributed by atoms with Crippen LogP contribution in [-0.4, -0.2) is 14.5 Å². The van der Waals surface area contributed by atoms with Gasteiger partial charge in [-0.05, 0) is 83.1 Å². The number of rotatable bonds is 4. The summed E-state index contributed by atoms with van der Waals surface area (Å²) < 4.78 is 22.3. The second kappa shape index (κ2) is 12.5. The average Bonchev–Trinajstić information content (AvgIpc) is 4.09. The molecule has 0 spiro atoms. The molecular formula is C56H31N3O3. The van der Waals surface area contributed by atoms with Gasteiger partial charge in [-0.25, -0.2) is 9.97 Å². The van der Waals surface area contributed by atoms with Gasteiger partial charge in [-0.1, -0.05) is 121 Å². The van der Waals surface area contributed by atoms with Gasteiger partial charge < -0.3 is 17.8 Å². The maximum absolute atomic E-state index is 6.89. The highest BCUT2D eigenvalue weighted by atomic mass is 16.3. The van der Waals surface area contributed by atoms with Gasteiger partial charge in [0.15, 0.2) is 11.4 Å². The monoisotopic (exact) mass is 793 g/mol. The Bertz CT molecular complexity index is 4170. The zero-order chi connectivity index (χ0) is 40.5. The molecule has 0 radical (unpaired) electrons. The Morgan fingerprint density at radius 2 is 1.05 bits per heavy atom. The number of hydrogen-bond donors (Lipinski definition) is 0. The third-order valence-corrected chi connectivity index (χ3v) is 12.6. The average molecular weight is 794 g/mol. The van der Waals surface area contributed by atoms with Gasteiger partial charge in [0.2, 0.25) is 0 Å². The van der Waals surface area contributed by atoms with Crippen LogP contribution in [0.5, 0.6) is 0 Å². The first-order valence-electron chi connectivity index (χ1n) is 20.8. The van der Waals surface area contributed by atoms with E-state index in [1.165, 1.54) is 21.5 Å². The Hall–Kier alpha value is -8.48. The Morgan fingerprint density at radius 3 is 1.92 bits per heavy atom. The van der Waals surface area contributed by atoms with Crippen molar-refractivity contribution in [3.63, 3.8) is 0 Å². The van der Waals surface area contributed by atoms with Gasteiger partial charge in [0, 0.05) is 49.0 Å². The van der Waals surface area contributed by atoms with Crippen molar-refractivity contribution in [3.05, 3.63) is 188 Å². The largest absolute Gasteiger partial charge is 0.456 e. The summed E-state index contributed by atoms with van der Waals surface area (Å²) in [4.78, 5) is 10.4. The van der Waals surface area contributed by atoms with Crippen LogP contribution in [-0.2, 0) is 0 Å². The molecule has 0 unspecified atom stereocenters. The Balaban J connectivity index is 1.00. The maximum atomic E-state index is 6.89. The molecule has 62 heavy (non-hydrogen) atoms. The van der Waals surface area contributed by atoms with E-state index < -0.39 is 0 Å². The summed E-state index contributed by atoms with van der Waals surface area (Å²) in [6.07, 6.45) is 0. The number of para-hydroxylation sites is 3. The zero-order valence-corrected chi connectivity index (χ0v) is 33.0. The fourth-order valence-corrected chi connectivity index (χ4v) is 9.74. The maximum Gasteiger partial charge on any atom is 0.180 e. The molecule has 0 aliphatic carbocycles. The van der Waals surface area contributed by atoms with Crippen LogP contribution in [0.2, 0.25) is 0 Å². The van der Waals surface area contributed by atoms with Gasteiger partial charge in [0.1, 0.15) is 39.1 Å². The fourth-order valence-electron chi connectivity index (χ4n) is 9.74. The number of fused-ring (bicyclic) bond motifs is 13. The predicted molar refractivity (Wildman–Crippen MR) is 252 cm³/mol. The second-order valence-corrected chi connectivity index (χ2v) is 16.1. The van der Waals surface area contributed by atoms with E-state index in [9.17, 15) is 0 Å². The molecule has 14 rings (SSSR count). The van der Waals surface area contributed by atoms with Gasteiger partial charge in [0.05, 0.1) is 22.1 Å². The molecule has 0 saturated carbocycles. The van der Waals surface area contributed by atoms with Crippen LogP contribution in [0.15, 0.2) is 201 Å². The first-order chi connectivity index (χ1) is 30.7. The van der Waals surface area contributed by atoms with E-state index in [-0.39, 0.29) is 0 Å². The van der Waals surface area contributed by atoms with Crippen molar-refractivity contribution in [2.75, 3.05) is 0 Å². The molecule has 0 fully saturated rings. The molecule has 288 valence electrons. The topological polar surface area (TPSA) is 70.1 Å². The molecule has 0 amide bonds. The van der Waals surface area contributed by atoms with Crippen LogP contribution >= 0.6 is 0 Å². The molecule has 0 aliphatic heterocycles. The summed E-state index contributed by atoms with van der Waals surface area (Å²) in [6, 6.07) is 65.6. The Labute approximate surface area is 352 Å². The van der Waals surface area contributed by atoms with Crippen LogP contribution < -0.4 is 0 Å². The lowest BCUT2D eigenvalue weighted by Crippen LogP contribution is -1.95. The molecule has 14 aromatic rings. The lowest BCUT2D eigenvalue weighted by molar-refractivity contribution is 0.667. The van der Waals surface area contributed by atoms with E-state index in [2.05, 4.69) is 138 Å². The summed E-state index contributed by atoms with van der Waals surface area (Å²) in [5, 5.41) is 10.0. The fraction of sp³-hybridized carbons (Fsp3) is 0. The highest BCUT2D eigenvalue weighted by molar-refractivity contribution is 6.19. The highest BCUT2D eigenvalue weighted by Crippen LogP contribution is 2.45. The minimum absolute atomic E-state index is 0.592. The van der Waals surface area contributed by atoms with Gasteiger partial charge in [-0.2, -0.15) is 0 Å². The quantitative estimate of drug-likeness (QED) is 0.177. The molecule has 5 heterocycles. The number of aromatic nitrogens is 3. The molecule has 6 nitrogen and oxygen atoms in total. The van der Waals surface area contributed by atoms with E-state index in [0.29, 0.717) is 11.4 Å². The number of benzene rings is 9. The predicted octanol–water partition coefficient (Wildman–Crippen LogP) is 15.4. The number of furan rings is 3.